The largest absolute Gasteiger partial charge is 0.462 e. The van der Waals surface area contributed by atoms with E-state index in [2.05, 4.69) is 40.4 Å². The minimum Gasteiger partial charge on any atom is -0.462 e. The Balaban J connectivity index is 1.58. The topological polar surface area (TPSA) is 48.7 Å². The van der Waals surface area contributed by atoms with E-state index >= 15 is 0 Å². The van der Waals surface area contributed by atoms with Crippen LogP contribution in [-0.2, 0) is 17.8 Å². The van der Waals surface area contributed by atoms with Crippen LogP contribution in [0.3, 0.4) is 0 Å². The Bertz CT molecular complexity index is 758. The molecular formula is C21H27N3O2. The Hall–Kier alpha value is -2.53. The molecule has 0 unspecified atom stereocenters. The van der Waals surface area contributed by atoms with E-state index in [1.165, 1.54) is 11.8 Å². The zero-order valence-electron chi connectivity index (χ0n) is 15.6. The van der Waals surface area contributed by atoms with E-state index in [1.54, 1.807) is 6.08 Å². The minimum absolute atomic E-state index is 0.118. The lowest BCUT2D eigenvalue weighted by atomic mass is 10.1. The van der Waals surface area contributed by atoms with Gasteiger partial charge in [0.2, 0.25) is 5.91 Å². The SMILES string of the molecule is CCc1ccc(/C=C/C(=O)NCc2ccccc2N2CCN(C)CC2)o1. The molecule has 1 aliphatic heterocycles. The van der Waals surface area contributed by atoms with E-state index in [4.69, 9.17) is 4.42 Å². The van der Waals surface area contributed by atoms with Gasteiger partial charge >= 0.3 is 0 Å². The molecule has 1 saturated heterocycles. The maximum absolute atomic E-state index is 12.1. The van der Waals surface area contributed by atoms with Gasteiger partial charge in [0.05, 0.1) is 0 Å². The van der Waals surface area contributed by atoms with Crippen LogP contribution in [0.25, 0.3) is 6.08 Å². The highest BCUT2D eigenvalue weighted by Gasteiger charge is 2.16. The lowest BCUT2D eigenvalue weighted by Gasteiger charge is -2.35. The molecule has 0 atom stereocenters. The number of aryl methyl sites for hydroxylation is 1. The summed E-state index contributed by atoms with van der Waals surface area (Å²) in [6.45, 7) is 6.71. The first-order valence-corrected chi connectivity index (χ1v) is 9.21. The highest BCUT2D eigenvalue weighted by molar-refractivity contribution is 5.91. The van der Waals surface area contributed by atoms with Gasteiger partial charge in [-0.3, -0.25) is 4.79 Å². The van der Waals surface area contributed by atoms with Crippen molar-refractivity contribution in [2.45, 2.75) is 19.9 Å². The second kappa shape index (κ2) is 8.72. The summed E-state index contributed by atoms with van der Waals surface area (Å²) in [5.41, 5.74) is 2.36. The van der Waals surface area contributed by atoms with Crippen molar-refractivity contribution in [1.82, 2.24) is 10.2 Å². The fraction of sp³-hybridized carbons (Fsp3) is 0.381. The zero-order valence-corrected chi connectivity index (χ0v) is 15.6. The zero-order chi connectivity index (χ0) is 18.4. The van der Waals surface area contributed by atoms with E-state index in [0.717, 1.165) is 43.9 Å². The Kier molecular flexibility index (Phi) is 6.12. The summed E-state index contributed by atoms with van der Waals surface area (Å²) < 4.78 is 5.58. The number of nitrogens with one attached hydrogen (secondary N) is 1. The molecule has 2 aromatic rings. The number of likely N-dealkylation sites (N-methyl/N-ethyl adjacent to an activating group) is 1. The molecule has 1 aromatic carbocycles. The van der Waals surface area contributed by atoms with Gasteiger partial charge in [0, 0.05) is 50.9 Å². The number of carbonyl (C=O) groups excluding carboxylic acids is 1. The standard InChI is InChI=1S/C21H27N3O2/c1-3-18-8-9-19(26-18)10-11-21(25)22-16-17-6-4-5-7-20(17)24-14-12-23(2)13-15-24/h4-11H,3,12-16H2,1-2H3,(H,22,25)/b11-10+. The summed E-state index contributed by atoms with van der Waals surface area (Å²) in [4.78, 5) is 16.9. The Labute approximate surface area is 155 Å². The van der Waals surface area contributed by atoms with Crippen molar-refractivity contribution >= 4 is 17.7 Å². The van der Waals surface area contributed by atoms with Gasteiger partial charge in [-0.15, -0.1) is 0 Å². The van der Waals surface area contributed by atoms with Crippen molar-refractivity contribution in [2.24, 2.45) is 0 Å². The molecule has 5 heteroatoms. The number of hydrogen-bond acceptors (Lipinski definition) is 4. The third kappa shape index (κ3) is 4.76. The van der Waals surface area contributed by atoms with Crippen molar-refractivity contribution < 1.29 is 9.21 Å². The molecule has 138 valence electrons. The maximum atomic E-state index is 12.1. The third-order valence-electron chi connectivity index (χ3n) is 4.72. The van der Waals surface area contributed by atoms with Gasteiger partial charge < -0.3 is 19.5 Å². The molecule has 0 radical (unpaired) electrons. The van der Waals surface area contributed by atoms with Crippen LogP contribution in [0.2, 0.25) is 0 Å². The molecule has 1 amide bonds. The average molecular weight is 353 g/mol. The van der Waals surface area contributed by atoms with E-state index in [9.17, 15) is 4.79 Å². The summed E-state index contributed by atoms with van der Waals surface area (Å²) in [7, 11) is 2.15. The predicted molar refractivity (Wildman–Crippen MR) is 105 cm³/mol. The van der Waals surface area contributed by atoms with Crippen molar-refractivity contribution in [3.8, 4) is 0 Å². The number of para-hydroxylation sites is 1. The van der Waals surface area contributed by atoms with E-state index in [0.29, 0.717) is 12.3 Å². The molecule has 0 saturated carbocycles. The van der Waals surface area contributed by atoms with Gasteiger partial charge in [0.25, 0.3) is 0 Å². The lowest BCUT2D eigenvalue weighted by molar-refractivity contribution is -0.116. The summed E-state index contributed by atoms with van der Waals surface area (Å²) >= 11 is 0. The van der Waals surface area contributed by atoms with Gasteiger partial charge in [-0.2, -0.15) is 0 Å². The number of amides is 1. The summed E-state index contributed by atoms with van der Waals surface area (Å²) in [5.74, 6) is 1.51. The Morgan fingerprint density at radius 3 is 2.65 bits per heavy atom. The molecule has 1 aromatic heterocycles. The molecule has 1 aliphatic rings. The van der Waals surface area contributed by atoms with Gasteiger partial charge in [0.15, 0.2) is 0 Å². The smallest absolute Gasteiger partial charge is 0.244 e. The van der Waals surface area contributed by atoms with Crippen LogP contribution >= 0.6 is 0 Å². The molecule has 2 heterocycles. The van der Waals surface area contributed by atoms with Crippen LogP contribution in [0.4, 0.5) is 5.69 Å². The summed E-state index contributed by atoms with van der Waals surface area (Å²) in [6, 6.07) is 12.1. The lowest BCUT2D eigenvalue weighted by Crippen LogP contribution is -2.45. The normalized spacial score (nSPS) is 15.5. The Morgan fingerprint density at radius 1 is 1.15 bits per heavy atom. The van der Waals surface area contributed by atoms with Crippen molar-refractivity contribution in [2.75, 3.05) is 38.1 Å². The molecule has 0 bridgehead atoms. The monoisotopic (exact) mass is 353 g/mol. The minimum atomic E-state index is -0.118. The third-order valence-corrected chi connectivity index (χ3v) is 4.72. The average Bonchev–Trinajstić information content (AvgIpc) is 3.14. The number of nitrogens with zero attached hydrogens (tertiary/aromatic N) is 2. The van der Waals surface area contributed by atoms with Crippen molar-refractivity contribution in [3.63, 3.8) is 0 Å². The molecule has 26 heavy (non-hydrogen) atoms. The fourth-order valence-electron chi connectivity index (χ4n) is 3.09. The second-order valence-electron chi connectivity index (χ2n) is 6.63. The van der Waals surface area contributed by atoms with Gasteiger partial charge in [-0.05, 0) is 36.9 Å². The first-order chi connectivity index (χ1) is 12.7. The highest BCUT2D eigenvalue weighted by Crippen LogP contribution is 2.21. The molecule has 0 spiro atoms. The van der Waals surface area contributed by atoms with Crippen molar-refractivity contribution in [3.05, 3.63) is 59.6 Å². The number of benzene rings is 1. The second-order valence-corrected chi connectivity index (χ2v) is 6.63. The molecule has 1 fully saturated rings. The molecular weight excluding hydrogens is 326 g/mol. The van der Waals surface area contributed by atoms with Crippen LogP contribution in [0, 0.1) is 0 Å². The van der Waals surface area contributed by atoms with E-state index in [1.807, 2.05) is 25.1 Å². The maximum Gasteiger partial charge on any atom is 0.244 e. The van der Waals surface area contributed by atoms with Crippen LogP contribution in [0.1, 0.15) is 24.0 Å². The van der Waals surface area contributed by atoms with E-state index < -0.39 is 0 Å². The van der Waals surface area contributed by atoms with Crippen LogP contribution < -0.4 is 10.2 Å². The molecule has 0 aliphatic carbocycles. The first kappa shape index (κ1) is 18.3. The first-order valence-electron chi connectivity index (χ1n) is 9.21. The predicted octanol–water partition coefficient (Wildman–Crippen LogP) is 2.92. The van der Waals surface area contributed by atoms with Gasteiger partial charge in [0.1, 0.15) is 11.5 Å². The van der Waals surface area contributed by atoms with E-state index in [-0.39, 0.29) is 5.91 Å². The number of hydrogen-bond donors (Lipinski definition) is 1. The number of furan rings is 1. The fourth-order valence-corrected chi connectivity index (χ4v) is 3.09. The van der Waals surface area contributed by atoms with Crippen LogP contribution in [0.15, 0.2) is 46.9 Å². The number of rotatable bonds is 6. The Morgan fingerprint density at radius 2 is 1.92 bits per heavy atom. The van der Waals surface area contributed by atoms with Gasteiger partial charge in [-0.1, -0.05) is 25.1 Å². The molecule has 1 N–H and O–H groups in total. The quantitative estimate of drug-likeness (QED) is 0.811. The summed E-state index contributed by atoms with van der Waals surface area (Å²) in [6.07, 6.45) is 4.08. The molecule has 5 nitrogen and oxygen atoms in total. The summed E-state index contributed by atoms with van der Waals surface area (Å²) in [5, 5.41) is 2.97. The van der Waals surface area contributed by atoms with Crippen molar-refractivity contribution in [1.29, 1.82) is 0 Å². The van der Waals surface area contributed by atoms with Crippen LogP contribution in [0.5, 0.6) is 0 Å². The number of carbonyl (C=O) groups is 1. The highest BCUT2D eigenvalue weighted by atomic mass is 16.3. The molecule has 3 rings (SSSR count). The van der Waals surface area contributed by atoms with Gasteiger partial charge in [-0.25, -0.2) is 0 Å². The number of piperazine rings is 1. The number of anilines is 1. The van der Waals surface area contributed by atoms with Crippen LogP contribution in [-0.4, -0.2) is 44.0 Å².